The number of nitrogens with zero attached hydrogens (tertiary/aromatic N) is 2. The summed E-state index contributed by atoms with van der Waals surface area (Å²) >= 11 is 0. The molecule has 1 aliphatic carbocycles. The van der Waals surface area contributed by atoms with E-state index in [1.165, 1.54) is 6.92 Å². The Morgan fingerprint density at radius 2 is 2.17 bits per heavy atom. The molecule has 0 bridgehead atoms. The van der Waals surface area contributed by atoms with Crippen LogP contribution in [0.25, 0.3) is 0 Å². The van der Waals surface area contributed by atoms with Crippen LogP contribution in [0, 0.1) is 16.1 Å². The van der Waals surface area contributed by atoms with Gasteiger partial charge in [0.1, 0.15) is 0 Å². The molecule has 2 N–H and O–H groups in total. The fourth-order valence-corrected chi connectivity index (χ4v) is 2.89. The van der Waals surface area contributed by atoms with Crippen LogP contribution < -0.4 is 10.6 Å². The van der Waals surface area contributed by atoms with Crippen LogP contribution in [0.3, 0.4) is 0 Å². The molecule has 1 aliphatic rings. The first-order chi connectivity index (χ1) is 11.4. The largest absolute Gasteiger partial charge is 0.350 e. The van der Waals surface area contributed by atoms with Gasteiger partial charge >= 0.3 is 5.69 Å². The predicted molar refractivity (Wildman–Crippen MR) is 85.5 cm³/mol. The molecule has 7 nitrogen and oxygen atoms in total. The molecule has 1 amide bonds. The molecule has 1 atom stereocenters. The van der Waals surface area contributed by atoms with Crippen molar-refractivity contribution in [2.75, 3.05) is 5.32 Å². The van der Waals surface area contributed by atoms with Gasteiger partial charge in [0, 0.05) is 24.7 Å². The van der Waals surface area contributed by atoms with E-state index in [0.717, 1.165) is 36.1 Å². The third kappa shape index (κ3) is 3.17. The second kappa shape index (κ2) is 6.23. The number of anilines is 2. The Labute approximate surface area is 137 Å². The van der Waals surface area contributed by atoms with Gasteiger partial charge in [0.2, 0.25) is 17.7 Å². The number of benzene rings is 1. The minimum absolute atomic E-state index is 0.0202. The summed E-state index contributed by atoms with van der Waals surface area (Å²) in [6.07, 6.45) is 1.59. The van der Waals surface area contributed by atoms with Crippen molar-refractivity contribution in [3.63, 3.8) is 0 Å². The van der Waals surface area contributed by atoms with Crippen molar-refractivity contribution in [3.05, 3.63) is 57.5 Å². The highest BCUT2D eigenvalue weighted by atomic mass is 19.1. The number of aryl methyl sites for hydroxylation is 1. The van der Waals surface area contributed by atoms with Gasteiger partial charge in [0.05, 0.1) is 11.0 Å². The van der Waals surface area contributed by atoms with E-state index in [4.69, 9.17) is 0 Å². The van der Waals surface area contributed by atoms with Gasteiger partial charge in [0.15, 0.2) is 0 Å². The number of nitro groups is 1. The topological polar surface area (TPSA) is 97.2 Å². The van der Waals surface area contributed by atoms with Crippen LogP contribution in [0.1, 0.15) is 30.5 Å². The molecule has 1 aromatic heterocycles. The number of fused-ring (bicyclic) bond motifs is 1. The number of rotatable bonds is 4. The number of carbonyl (C=O) groups excluding carboxylic acids is 1. The lowest BCUT2D eigenvalue weighted by Crippen LogP contribution is -2.24. The van der Waals surface area contributed by atoms with E-state index in [2.05, 4.69) is 15.6 Å². The molecule has 8 heteroatoms. The van der Waals surface area contributed by atoms with Crippen molar-refractivity contribution < 1.29 is 14.1 Å². The zero-order chi connectivity index (χ0) is 17.3. The van der Waals surface area contributed by atoms with Crippen molar-refractivity contribution >= 4 is 23.1 Å². The maximum absolute atomic E-state index is 13.3. The Bertz CT molecular complexity index is 825. The van der Waals surface area contributed by atoms with Gasteiger partial charge in [-0.2, -0.15) is 9.37 Å². The monoisotopic (exact) mass is 330 g/mol. The lowest BCUT2D eigenvalue weighted by molar-refractivity contribution is -0.384. The van der Waals surface area contributed by atoms with Crippen LogP contribution in [0.5, 0.6) is 0 Å². The van der Waals surface area contributed by atoms with Crippen LogP contribution in [0.15, 0.2) is 30.3 Å². The number of hydrogen-bond donors (Lipinski definition) is 2. The summed E-state index contributed by atoms with van der Waals surface area (Å²) in [6.45, 7) is 1.47. The average Bonchev–Trinajstić information content (AvgIpc) is 2.88. The second-order valence-corrected chi connectivity index (χ2v) is 5.59. The zero-order valence-electron chi connectivity index (χ0n) is 12.9. The lowest BCUT2D eigenvalue weighted by atomic mass is 10.1. The smallest absolute Gasteiger partial charge is 0.311 e. The molecule has 24 heavy (non-hydrogen) atoms. The summed E-state index contributed by atoms with van der Waals surface area (Å²) in [5.41, 5.74) is 2.35. The molecule has 0 saturated carbocycles. The summed E-state index contributed by atoms with van der Waals surface area (Å²) in [5, 5.41) is 16.7. The van der Waals surface area contributed by atoms with E-state index in [1.807, 2.05) is 12.1 Å². The molecule has 2 aromatic rings. The molecule has 1 aromatic carbocycles. The van der Waals surface area contributed by atoms with Gasteiger partial charge in [-0.15, -0.1) is 0 Å². The maximum Gasteiger partial charge on any atom is 0.311 e. The van der Waals surface area contributed by atoms with Crippen LogP contribution in [0.2, 0.25) is 0 Å². The van der Waals surface area contributed by atoms with Crippen molar-refractivity contribution in [2.45, 2.75) is 25.8 Å². The molecule has 3 rings (SSSR count). The standard InChI is InChI=1S/C16H15FN4O3/c1-9(22)18-13-5-2-10-8-11(3-4-12(10)13)19-16-14(21(23)24)6-7-15(17)20-16/h3-4,6-8,13H,2,5H2,1H3,(H,18,22)(H,19,20)/t13-/m0/s1. The summed E-state index contributed by atoms with van der Waals surface area (Å²) in [6, 6.07) is 7.43. The van der Waals surface area contributed by atoms with E-state index >= 15 is 0 Å². The Hall–Kier alpha value is -3.03. The molecule has 1 heterocycles. The minimum Gasteiger partial charge on any atom is -0.350 e. The molecule has 0 saturated heterocycles. The number of pyridine rings is 1. The van der Waals surface area contributed by atoms with E-state index in [0.29, 0.717) is 5.69 Å². The first-order valence-corrected chi connectivity index (χ1v) is 7.42. The molecule has 0 spiro atoms. The number of aromatic nitrogens is 1. The highest BCUT2D eigenvalue weighted by Crippen LogP contribution is 2.34. The number of hydrogen-bond acceptors (Lipinski definition) is 5. The van der Waals surface area contributed by atoms with Crippen molar-refractivity contribution in [1.82, 2.24) is 10.3 Å². The molecule has 0 radical (unpaired) electrons. The Morgan fingerprint density at radius 3 is 2.88 bits per heavy atom. The normalized spacial score (nSPS) is 15.7. The minimum atomic E-state index is -0.796. The lowest BCUT2D eigenvalue weighted by Gasteiger charge is -2.13. The van der Waals surface area contributed by atoms with Gasteiger partial charge in [-0.1, -0.05) is 6.07 Å². The van der Waals surface area contributed by atoms with E-state index in [-0.39, 0.29) is 23.5 Å². The molecule has 124 valence electrons. The summed E-state index contributed by atoms with van der Waals surface area (Å²) in [4.78, 5) is 25.2. The number of nitrogens with one attached hydrogen (secondary N) is 2. The highest BCUT2D eigenvalue weighted by Gasteiger charge is 2.24. The first-order valence-electron chi connectivity index (χ1n) is 7.42. The van der Waals surface area contributed by atoms with E-state index in [9.17, 15) is 19.3 Å². The van der Waals surface area contributed by atoms with Crippen molar-refractivity contribution in [2.24, 2.45) is 0 Å². The maximum atomic E-state index is 13.3. The first kappa shape index (κ1) is 15.9. The fourth-order valence-electron chi connectivity index (χ4n) is 2.89. The Balaban J connectivity index is 1.87. The van der Waals surface area contributed by atoms with Gasteiger partial charge < -0.3 is 10.6 Å². The van der Waals surface area contributed by atoms with Crippen LogP contribution in [-0.4, -0.2) is 15.8 Å². The van der Waals surface area contributed by atoms with Gasteiger partial charge in [0.25, 0.3) is 0 Å². The van der Waals surface area contributed by atoms with E-state index < -0.39 is 10.9 Å². The van der Waals surface area contributed by atoms with Gasteiger partial charge in [-0.3, -0.25) is 14.9 Å². The van der Waals surface area contributed by atoms with Crippen molar-refractivity contribution in [3.8, 4) is 0 Å². The molecule has 0 fully saturated rings. The predicted octanol–water partition coefficient (Wildman–Crippen LogP) is 3.00. The third-order valence-electron chi connectivity index (χ3n) is 3.90. The molecule has 0 unspecified atom stereocenters. The quantitative estimate of drug-likeness (QED) is 0.510. The van der Waals surface area contributed by atoms with Crippen LogP contribution in [-0.2, 0) is 11.2 Å². The second-order valence-electron chi connectivity index (χ2n) is 5.59. The highest BCUT2D eigenvalue weighted by molar-refractivity contribution is 5.74. The summed E-state index contributed by atoms with van der Waals surface area (Å²) in [7, 11) is 0. The summed E-state index contributed by atoms with van der Waals surface area (Å²) < 4.78 is 13.3. The third-order valence-corrected chi connectivity index (χ3v) is 3.90. The molecule has 0 aliphatic heterocycles. The number of halogens is 1. The molecular weight excluding hydrogens is 315 g/mol. The number of carbonyl (C=O) groups is 1. The zero-order valence-corrected chi connectivity index (χ0v) is 12.9. The average molecular weight is 330 g/mol. The Morgan fingerprint density at radius 1 is 1.38 bits per heavy atom. The van der Waals surface area contributed by atoms with E-state index in [1.54, 1.807) is 6.07 Å². The number of amides is 1. The van der Waals surface area contributed by atoms with Gasteiger partial charge in [-0.25, -0.2) is 0 Å². The Kier molecular flexibility index (Phi) is 4.11. The molecular formula is C16H15FN4O3. The SMILES string of the molecule is CC(=O)N[C@H]1CCc2cc(Nc3nc(F)ccc3[N+](=O)[O-])ccc21. The fraction of sp³-hybridized carbons (Fsp3) is 0.250. The van der Waals surface area contributed by atoms with Crippen LogP contribution in [0.4, 0.5) is 21.6 Å². The van der Waals surface area contributed by atoms with Crippen LogP contribution >= 0.6 is 0 Å². The summed E-state index contributed by atoms with van der Waals surface area (Å²) in [5.74, 6) is -1.03. The van der Waals surface area contributed by atoms with Crippen molar-refractivity contribution in [1.29, 1.82) is 0 Å². The van der Waals surface area contributed by atoms with Gasteiger partial charge in [-0.05, 0) is 36.1 Å².